The zero-order valence-electron chi connectivity index (χ0n) is 7.92. The zero-order valence-corrected chi connectivity index (χ0v) is 7.92. The molecule has 0 atom stereocenters. The van der Waals surface area contributed by atoms with Gasteiger partial charge in [-0.3, -0.25) is 0 Å². The first-order valence-electron chi connectivity index (χ1n) is 4.51. The summed E-state index contributed by atoms with van der Waals surface area (Å²) < 4.78 is 0. The second-order valence-corrected chi connectivity index (χ2v) is 2.90. The van der Waals surface area contributed by atoms with Crippen LogP contribution in [0, 0.1) is 6.57 Å². The summed E-state index contributed by atoms with van der Waals surface area (Å²) in [6.45, 7) is 8.63. The van der Waals surface area contributed by atoms with Crippen molar-refractivity contribution in [3.8, 4) is 0 Å². The average Bonchev–Trinajstić information content (AvgIpc) is 2.10. The average molecular weight is 181 g/mol. The fraction of sp³-hybridized carbons (Fsp3) is 0.600. The molecule has 13 heavy (non-hydrogen) atoms. The van der Waals surface area contributed by atoms with E-state index in [0.29, 0.717) is 6.42 Å². The maximum atomic E-state index is 10.5. The van der Waals surface area contributed by atoms with E-state index in [-0.39, 0.29) is 5.57 Å². The van der Waals surface area contributed by atoms with Crippen LogP contribution in [0.4, 0.5) is 0 Å². The van der Waals surface area contributed by atoms with Gasteiger partial charge in [0.25, 0.3) is 0 Å². The molecule has 0 bridgehead atoms. The van der Waals surface area contributed by atoms with Crippen molar-refractivity contribution in [1.29, 1.82) is 0 Å². The number of hydrogen-bond donors (Lipinski definition) is 1. The Hall–Kier alpha value is -1.30. The van der Waals surface area contributed by atoms with Crippen LogP contribution >= 0.6 is 0 Å². The highest BCUT2D eigenvalue weighted by Gasteiger charge is 2.05. The highest BCUT2D eigenvalue weighted by Crippen LogP contribution is 2.10. The SMILES string of the molecule is [C-]#[N+]C=C(CCCCCC)C(=O)O. The first-order valence-corrected chi connectivity index (χ1v) is 4.51. The van der Waals surface area contributed by atoms with Crippen molar-refractivity contribution < 1.29 is 9.90 Å². The highest BCUT2D eigenvalue weighted by molar-refractivity contribution is 5.86. The number of unbranched alkanes of at least 4 members (excludes halogenated alkanes) is 3. The van der Waals surface area contributed by atoms with Gasteiger partial charge in [-0.15, -0.1) is 0 Å². The minimum atomic E-state index is -0.965. The van der Waals surface area contributed by atoms with Crippen molar-refractivity contribution >= 4 is 5.97 Å². The molecule has 0 aliphatic rings. The van der Waals surface area contributed by atoms with Gasteiger partial charge in [0.05, 0.1) is 6.57 Å². The zero-order chi connectivity index (χ0) is 10.1. The van der Waals surface area contributed by atoms with Crippen LogP contribution in [-0.2, 0) is 4.79 Å². The van der Waals surface area contributed by atoms with E-state index in [9.17, 15) is 4.79 Å². The summed E-state index contributed by atoms with van der Waals surface area (Å²) >= 11 is 0. The van der Waals surface area contributed by atoms with Crippen molar-refractivity contribution in [2.45, 2.75) is 39.0 Å². The second-order valence-electron chi connectivity index (χ2n) is 2.90. The summed E-state index contributed by atoms with van der Waals surface area (Å²) in [6.07, 6.45) is 5.78. The maximum Gasteiger partial charge on any atom is 0.320 e. The lowest BCUT2D eigenvalue weighted by atomic mass is 10.1. The quantitative estimate of drug-likeness (QED) is 0.389. The molecule has 72 valence electrons. The first kappa shape index (κ1) is 11.7. The molecule has 0 rings (SSSR count). The molecule has 0 aromatic rings. The predicted octanol–water partition coefficient (Wildman–Crippen LogP) is 2.84. The van der Waals surface area contributed by atoms with Gasteiger partial charge in [0.15, 0.2) is 6.20 Å². The van der Waals surface area contributed by atoms with Crippen LogP contribution in [0.2, 0.25) is 0 Å². The van der Waals surface area contributed by atoms with E-state index in [1.54, 1.807) is 0 Å². The summed E-state index contributed by atoms with van der Waals surface area (Å²) in [4.78, 5) is 13.5. The van der Waals surface area contributed by atoms with E-state index in [1.165, 1.54) is 0 Å². The minimum absolute atomic E-state index is 0.228. The third-order valence-corrected chi connectivity index (χ3v) is 1.79. The van der Waals surface area contributed by atoms with Crippen molar-refractivity contribution in [3.63, 3.8) is 0 Å². The summed E-state index contributed by atoms with van der Waals surface area (Å²) in [5.41, 5.74) is 0.228. The van der Waals surface area contributed by atoms with Gasteiger partial charge < -0.3 is 5.11 Å². The molecule has 0 amide bonds. The molecule has 3 heteroatoms. The molecule has 1 N–H and O–H groups in total. The molecule has 0 aromatic carbocycles. The summed E-state index contributed by atoms with van der Waals surface area (Å²) in [5.74, 6) is -0.965. The number of carboxylic acid groups (broad SMARTS) is 1. The van der Waals surface area contributed by atoms with Crippen LogP contribution in [0.3, 0.4) is 0 Å². The standard InChI is InChI=1S/C10H15NO2/c1-3-4-5-6-7-9(8-11-2)10(12)13/h8H,3-7H2,1H3,(H,12,13). The molecule has 0 saturated heterocycles. The molecule has 0 aliphatic carbocycles. The van der Waals surface area contributed by atoms with Crippen LogP contribution in [0.15, 0.2) is 11.8 Å². The molecule has 0 heterocycles. The third kappa shape index (κ3) is 5.92. The molecule has 0 unspecified atom stereocenters. The highest BCUT2D eigenvalue weighted by atomic mass is 16.4. The van der Waals surface area contributed by atoms with Gasteiger partial charge in [-0.2, -0.15) is 0 Å². The molecule has 0 fully saturated rings. The molecular formula is C10H15NO2. The van der Waals surface area contributed by atoms with E-state index >= 15 is 0 Å². The van der Waals surface area contributed by atoms with E-state index in [1.807, 2.05) is 0 Å². The van der Waals surface area contributed by atoms with Crippen molar-refractivity contribution in [3.05, 3.63) is 23.2 Å². The number of carboxylic acids is 1. The Morgan fingerprint density at radius 3 is 2.62 bits per heavy atom. The first-order chi connectivity index (χ1) is 6.22. The molecule has 0 saturated carbocycles. The van der Waals surface area contributed by atoms with Gasteiger partial charge >= 0.3 is 5.97 Å². The van der Waals surface area contributed by atoms with E-state index in [0.717, 1.165) is 31.9 Å². The van der Waals surface area contributed by atoms with E-state index in [4.69, 9.17) is 11.7 Å². The number of rotatable bonds is 6. The van der Waals surface area contributed by atoms with Crippen LogP contribution in [-0.4, -0.2) is 11.1 Å². The Labute approximate surface area is 78.9 Å². The minimum Gasteiger partial charge on any atom is -0.479 e. The molecule has 0 radical (unpaired) electrons. The fourth-order valence-corrected chi connectivity index (χ4v) is 1.05. The maximum absolute atomic E-state index is 10.5. The van der Waals surface area contributed by atoms with Crippen LogP contribution < -0.4 is 0 Å². The Morgan fingerprint density at radius 2 is 2.15 bits per heavy atom. The second kappa shape index (κ2) is 7.35. The van der Waals surface area contributed by atoms with Gasteiger partial charge in [-0.05, 0) is 6.42 Å². The number of nitrogens with zero attached hydrogens (tertiary/aromatic N) is 1. The Balaban J connectivity index is 3.80. The number of aliphatic carboxylic acids is 1. The number of hydrogen-bond acceptors (Lipinski definition) is 1. The molecule has 0 aliphatic heterocycles. The number of carbonyl (C=O) groups is 1. The Morgan fingerprint density at radius 1 is 1.46 bits per heavy atom. The van der Waals surface area contributed by atoms with Gasteiger partial charge in [0.1, 0.15) is 0 Å². The molecule has 0 spiro atoms. The largest absolute Gasteiger partial charge is 0.479 e. The van der Waals surface area contributed by atoms with Gasteiger partial charge in [-0.1, -0.05) is 32.6 Å². The third-order valence-electron chi connectivity index (χ3n) is 1.79. The van der Waals surface area contributed by atoms with Crippen LogP contribution in [0.1, 0.15) is 39.0 Å². The van der Waals surface area contributed by atoms with Crippen molar-refractivity contribution in [2.75, 3.05) is 0 Å². The monoisotopic (exact) mass is 181 g/mol. The predicted molar refractivity (Wildman–Crippen MR) is 51.1 cm³/mol. The summed E-state index contributed by atoms with van der Waals surface area (Å²) in [6, 6.07) is 0. The normalized spacial score (nSPS) is 10.9. The van der Waals surface area contributed by atoms with E-state index < -0.39 is 5.97 Å². The van der Waals surface area contributed by atoms with Crippen LogP contribution in [0.5, 0.6) is 0 Å². The molecular weight excluding hydrogens is 166 g/mol. The lowest BCUT2D eigenvalue weighted by Crippen LogP contribution is -1.99. The fourth-order valence-electron chi connectivity index (χ4n) is 1.05. The molecule has 0 aromatic heterocycles. The molecule has 3 nitrogen and oxygen atoms in total. The topological polar surface area (TPSA) is 41.7 Å². The lowest BCUT2D eigenvalue weighted by molar-refractivity contribution is -0.132. The van der Waals surface area contributed by atoms with Crippen LogP contribution in [0.25, 0.3) is 4.85 Å². The summed E-state index contributed by atoms with van der Waals surface area (Å²) in [7, 11) is 0. The lowest BCUT2D eigenvalue weighted by Gasteiger charge is -1.99. The van der Waals surface area contributed by atoms with Crippen molar-refractivity contribution in [1.82, 2.24) is 0 Å². The Bertz CT molecular complexity index is 226. The van der Waals surface area contributed by atoms with Crippen molar-refractivity contribution in [2.24, 2.45) is 0 Å². The van der Waals surface area contributed by atoms with E-state index in [2.05, 4.69) is 11.8 Å². The summed E-state index contributed by atoms with van der Waals surface area (Å²) in [5, 5.41) is 8.65. The van der Waals surface area contributed by atoms with Gasteiger partial charge in [0, 0.05) is 5.57 Å². The smallest absolute Gasteiger partial charge is 0.320 e. The van der Waals surface area contributed by atoms with Gasteiger partial charge in [0.2, 0.25) is 0 Å². The van der Waals surface area contributed by atoms with Gasteiger partial charge in [-0.25, -0.2) is 9.64 Å². The Kier molecular flexibility index (Phi) is 6.62.